The van der Waals surface area contributed by atoms with Crippen LogP contribution >= 0.6 is 15.2 Å². The van der Waals surface area contributed by atoms with Crippen molar-refractivity contribution in [3.8, 4) is 0 Å². The maximum atomic E-state index is 13.6. The van der Waals surface area contributed by atoms with Crippen molar-refractivity contribution < 1.29 is 51.1 Å². The third kappa shape index (κ3) is 6.85. The lowest BCUT2D eigenvalue weighted by Gasteiger charge is -2.28. The second-order valence-corrected chi connectivity index (χ2v) is 10.6. The lowest BCUT2D eigenvalue weighted by molar-refractivity contribution is -0.159. The van der Waals surface area contributed by atoms with E-state index in [2.05, 4.69) is 5.32 Å². The van der Waals surface area contributed by atoms with Gasteiger partial charge in [-0.15, -0.1) is 0 Å². The molecule has 0 atom stereocenters. The van der Waals surface area contributed by atoms with Gasteiger partial charge in [0, 0.05) is 34.0 Å². The molecule has 12 nitrogen and oxygen atoms in total. The van der Waals surface area contributed by atoms with E-state index in [0.29, 0.717) is 0 Å². The van der Waals surface area contributed by atoms with Gasteiger partial charge in [-0.3, -0.25) is 23.5 Å². The molecule has 0 aliphatic carbocycles. The maximum absolute atomic E-state index is 13.6. The SMILES string of the molecule is CCOC(=O)C(C(=O)OCC)/C(=C(\NC(=O)c1ccccc1)P(=O)(OC)OC)P(=O)(OC)OC. The fourth-order valence-corrected chi connectivity index (χ4v) is 6.05. The first kappa shape index (κ1) is 29.7. The molecule has 0 bridgehead atoms. The Balaban J connectivity index is 4.08. The third-order valence-electron chi connectivity index (χ3n) is 4.36. The van der Waals surface area contributed by atoms with Crippen molar-refractivity contribution in [3.63, 3.8) is 0 Å². The Morgan fingerprint density at radius 1 is 0.794 bits per heavy atom. The van der Waals surface area contributed by atoms with E-state index in [9.17, 15) is 23.5 Å². The van der Waals surface area contributed by atoms with E-state index in [1.165, 1.54) is 26.0 Å². The van der Waals surface area contributed by atoms with E-state index >= 15 is 0 Å². The Kier molecular flexibility index (Phi) is 11.8. The highest BCUT2D eigenvalue weighted by Crippen LogP contribution is 2.66. The molecule has 34 heavy (non-hydrogen) atoms. The molecule has 1 aromatic carbocycles. The highest BCUT2D eigenvalue weighted by atomic mass is 31.2. The van der Waals surface area contributed by atoms with Gasteiger partial charge in [0.15, 0.2) is 5.92 Å². The van der Waals surface area contributed by atoms with E-state index in [1.807, 2.05) is 0 Å². The Morgan fingerprint density at radius 2 is 1.24 bits per heavy atom. The summed E-state index contributed by atoms with van der Waals surface area (Å²) in [6, 6.07) is 7.69. The summed E-state index contributed by atoms with van der Waals surface area (Å²) in [4.78, 5) is 38.7. The number of amides is 1. The number of rotatable bonds is 13. The van der Waals surface area contributed by atoms with Crippen LogP contribution in [0.3, 0.4) is 0 Å². The molecule has 1 aromatic rings. The largest absolute Gasteiger partial charge is 0.465 e. The Bertz CT molecular complexity index is 959. The van der Waals surface area contributed by atoms with Gasteiger partial charge >= 0.3 is 27.1 Å². The van der Waals surface area contributed by atoms with Crippen molar-refractivity contribution in [3.05, 3.63) is 46.6 Å². The predicted molar refractivity (Wildman–Crippen MR) is 121 cm³/mol. The van der Waals surface area contributed by atoms with Crippen LogP contribution in [0.5, 0.6) is 0 Å². The number of carbonyl (C=O) groups excluding carboxylic acids is 3. The molecule has 1 N–H and O–H groups in total. The van der Waals surface area contributed by atoms with Crippen LogP contribution in [0.1, 0.15) is 24.2 Å². The fraction of sp³-hybridized carbons (Fsp3) is 0.450. The Hall–Kier alpha value is -2.33. The molecule has 0 saturated carbocycles. The summed E-state index contributed by atoms with van der Waals surface area (Å²) >= 11 is 0. The van der Waals surface area contributed by atoms with Crippen LogP contribution in [0.4, 0.5) is 0 Å². The van der Waals surface area contributed by atoms with E-state index in [-0.39, 0.29) is 18.8 Å². The van der Waals surface area contributed by atoms with Gasteiger partial charge in [0.05, 0.1) is 18.5 Å². The molecular weight excluding hydrogens is 492 g/mol. The smallest absolute Gasteiger partial charge is 0.377 e. The van der Waals surface area contributed by atoms with Crippen molar-refractivity contribution in [1.29, 1.82) is 0 Å². The van der Waals surface area contributed by atoms with Crippen LogP contribution in [0.2, 0.25) is 0 Å². The van der Waals surface area contributed by atoms with E-state index in [1.54, 1.807) is 18.2 Å². The predicted octanol–water partition coefficient (Wildman–Crippen LogP) is 3.30. The molecular formula is C20H29NO11P2. The second kappa shape index (κ2) is 13.5. The molecule has 0 spiro atoms. The molecule has 1 amide bonds. The zero-order valence-corrected chi connectivity index (χ0v) is 21.6. The molecule has 0 radical (unpaired) electrons. The number of benzene rings is 1. The van der Waals surface area contributed by atoms with Crippen molar-refractivity contribution >= 4 is 33.0 Å². The molecule has 0 unspecified atom stereocenters. The topological polar surface area (TPSA) is 153 Å². The Morgan fingerprint density at radius 3 is 1.62 bits per heavy atom. The van der Waals surface area contributed by atoms with Crippen molar-refractivity contribution in [1.82, 2.24) is 5.32 Å². The molecule has 1 rings (SSSR count). The normalized spacial score (nSPS) is 12.7. The van der Waals surface area contributed by atoms with Crippen molar-refractivity contribution in [2.24, 2.45) is 5.92 Å². The zero-order chi connectivity index (χ0) is 25.9. The van der Waals surface area contributed by atoms with Crippen LogP contribution in [0.15, 0.2) is 41.1 Å². The molecule has 0 aromatic heterocycles. The van der Waals surface area contributed by atoms with Gasteiger partial charge in [-0.05, 0) is 26.0 Å². The van der Waals surface area contributed by atoms with Crippen LogP contribution in [-0.4, -0.2) is 59.5 Å². The maximum Gasteiger partial charge on any atom is 0.377 e. The number of esters is 2. The second-order valence-electron chi connectivity index (χ2n) is 6.22. The number of carbonyl (C=O) groups is 3. The number of hydrogen-bond donors (Lipinski definition) is 1. The summed E-state index contributed by atoms with van der Waals surface area (Å²) in [5.41, 5.74) is -0.684. The van der Waals surface area contributed by atoms with Crippen molar-refractivity contribution in [2.45, 2.75) is 13.8 Å². The fourth-order valence-electron chi connectivity index (χ4n) is 2.77. The molecule has 0 fully saturated rings. The minimum atomic E-state index is -4.60. The highest BCUT2D eigenvalue weighted by Gasteiger charge is 2.50. The minimum absolute atomic E-state index is 0.103. The van der Waals surface area contributed by atoms with Gasteiger partial charge in [0.25, 0.3) is 5.91 Å². The summed E-state index contributed by atoms with van der Waals surface area (Å²) in [6.07, 6.45) is 0. The lowest BCUT2D eigenvalue weighted by atomic mass is 10.1. The quantitative estimate of drug-likeness (QED) is 0.231. The van der Waals surface area contributed by atoms with Crippen LogP contribution in [-0.2, 0) is 46.3 Å². The van der Waals surface area contributed by atoms with E-state index in [0.717, 1.165) is 28.4 Å². The molecule has 14 heteroatoms. The van der Waals surface area contributed by atoms with Crippen LogP contribution < -0.4 is 5.32 Å². The number of ether oxygens (including phenoxy) is 2. The lowest BCUT2D eigenvalue weighted by Crippen LogP contribution is -2.34. The average Bonchev–Trinajstić information content (AvgIpc) is 2.85. The average molecular weight is 521 g/mol. The first-order chi connectivity index (χ1) is 16.1. The highest BCUT2D eigenvalue weighted by molar-refractivity contribution is 7.63. The molecule has 190 valence electrons. The summed E-state index contributed by atoms with van der Waals surface area (Å²) in [6.45, 7) is 2.63. The van der Waals surface area contributed by atoms with Crippen molar-refractivity contribution in [2.75, 3.05) is 41.7 Å². The number of nitrogens with one attached hydrogen (secondary N) is 1. The third-order valence-corrected chi connectivity index (χ3v) is 8.43. The van der Waals surface area contributed by atoms with Gasteiger partial charge in [0.1, 0.15) is 5.44 Å². The van der Waals surface area contributed by atoms with Gasteiger partial charge in [-0.25, -0.2) is 0 Å². The standard InChI is InChI=1S/C20H29NO11P2/c1-7-31-19(23)15(20(24)32-8-2)16(33(25,27-3)28-4)18(34(26,29-5)30-6)21-17(22)14-12-10-9-11-13-14/h9-13,15H,7-8H2,1-6H3,(H,21,22)/b18-16-. The zero-order valence-electron chi connectivity index (χ0n) is 19.8. The molecule has 0 heterocycles. The Labute approximate surface area is 197 Å². The van der Waals surface area contributed by atoms with Gasteiger partial charge < -0.3 is 32.9 Å². The summed E-state index contributed by atoms with van der Waals surface area (Å²) in [5.74, 6) is -5.37. The van der Waals surface area contributed by atoms with E-state index in [4.69, 9.17) is 27.6 Å². The van der Waals surface area contributed by atoms with Gasteiger partial charge in [-0.2, -0.15) is 0 Å². The van der Waals surface area contributed by atoms with Gasteiger partial charge in [0.2, 0.25) is 0 Å². The minimum Gasteiger partial charge on any atom is -0.465 e. The first-order valence-electron chi connectivity index (χ1n) is 9.96. The first-order valence-corrected chi connectivity index (χ1v) is 13.0. The van der Waals surface area contributed by atoms with Crippen LogP contribution in [0.25, 0.3) is 0 Å². The molecule has 0 saturated heterocycles. The monoisotopic (exact) mass is 521 g/mol. The number of hydrogen-bond acceptors (Lipinski definition) is 11. The summed E-state index contributed by atoms with van der Waals surface area (Å²) < 4.78 is 57.2. The molecule has 0 aliphatic rings. The molecule has 0 aliphatic heterocycles. The van der Waals surface area contributed by atoms with Gasteiger partial charge in [-0.1, -0.05) is 18.2 Å². The summed E-state index contributed by atoms with van der Waals surface area (Å²) in [7, 11) is -5.19. The van der Waals surface area contributed by atoms with Crippen LogP contribution in [0, 0.1) is 5.92 Å². The summed E-state index contributed by atoms with van der Waals surface area (Å²) in [5, 5.41) is 1.49. The van der Waals surface area contributed by atoms with E-state index < -0.39 is 49.7 Å².